The first kappa shape index (κ1) is 24.4. The Morgan fingerprint density at radius 1 is 1.31 bits per heavy atom. The second-order valence-corrected chi connectivity index (χ2v) is 10.7. The van der Waals surface area contributed by atoms with Gasteiger partial charge < -0.3 is 10.1 Å². The third-order valence-electron chi connectivity index (χ3n) is 6.67. The van der Waals surface area contributed by atoms with Gasteiger partial charge in [-0.05, 0) is 38.3 Å². The summed E-state index contributed by atoms with van der Waals surface area (Å²) in [6, 6.07) is 0.342. The Morgan fingerprint density at radius 2 is 2.17 bits per heavy atom. The highest BCUT2D eigenvalue weighted by Gasteiger charge is 2.27. The van der Waals surface area contributed by atoms with Crippen molar-refractivity contribution >= 4 is 39.0 Å². The Hall–Kier alpha value is -2.33. The number of methoxy groups -OCH3 is 1. The van der Waals surface area contributed by atoms with Crippen LogP contribution in [0.3, 0.4) is 0 Å². The zero-order valence-electron chi connectivity index (χ0n) is 20.2. The van der Waals surface area contributed by atoms with Crippen molar-refractivity contribution in [1.82, 2.24) is 24.6 Å². The maximum Gasteiger partial charge on any atom is 0.138 e. The van der Waals surface area contributed by atoms with Crippen LogP contribution in [0.15, 0.2) is 35.5 Å². The number of nitrogens with one attached hydrogen (secondary N) is 1. The number of aryl methyl sites for hydroxylation is 2. The molecule has 3 heterocycles. The van der Waals surface area contributed by atoms with Gasteiger partial charge in [-0.25, -0.2) is 14.4 Å². The van der Waals surface area contributed by atoms with Gasteiger partial charge in [0, 0.05) is 49.3 Å². The van der Waals surface area contributed by atoms with E-state index in [1.54, 1.807) is 30.8 Å². The summed E-state index contributed by atoms with van der Waals surface area (Å²) < 4.78 is 21.0. The molecule has 0 radical (unpaired) electrons. The van der Waals surface area contributed by atoms with Gasteiger partial charge in [-0.15, -0.1) is 11.3 Å². The number of fused-ring (bicyclic) bond motifs is 5. The summed E-state index contributed by atoms with van der Waals surface area (Å²) in [6.07, 6.45) is 9.15. The van der Waals surface area contributed by atoms with Crippen LogP contribution in [0.1, 0.15) is 31.5 Å². The fourth-order valence-electron chi connectivity index (χ4n) is 4.74. The van der Waals surface area contributed by atoms with Crippen LogP contribution in [0.2, 0.25) is 0 Å². The maximum absolute atomic E-state index is 13.6. The molecule has 0 saturated heterocycles. The van der Waals surface area contributed by atoms with E-state index in [1.165, 1.54) is 22.1 Å². The van der Waals surface area contributed by atoms with E-state index in [0.29, 0.717) is 12.5 Å². The smallest absolute Gasteiger partial charge is 0.138 e. The standard InChI is InChI=1S/C25H30ClFN6OS/c1-15(2)32(10-11-34-3)8-9-33-13-18-21(31-33)7-5-17-22-24(28-14-29-25(22)35-23(17)18)30-16-4-6-20(27)19(26)12-16/h4,6,13-16H,5,7-12H2,1-3H3,(H,28,29,30). The number of rotatable bonds is 9. The molecular formula is C25H30ClFN6OS. The Bertz CT molecular complexity index is 1280. The summed E-state index contributed by atoms with van der Waals surface area (Å²) in [6.45, 7) is 7.82. The van der Waals surface area contributed by atoms with Crippen LogP contribution in [0.5, 0.6) is 0 Å². The van der Waals surface area contributed by atoms with Crippen molar-refractivity contribution in [3.63, 3.8) is 0 Å². The van der Waals surface area contributed by atoms with Crippen molar-refractivity contribution in [1.29, 1.82) is 0 Å². The molecule has 2 aliphatic rings. The average Bonchev–Trinajstić information content (AvgIpc) is 3.42. The van der Waals surface area contributed by atoms with Crippen LogP contribution in [-0.2, 0) is 24.1 Å². The lowest BCUT2D eigenvalue weighted by Gasteiger charge is -2.25. The van der Waals surface area contributed by atoms with Gasteiger partial charge in [-0.3, -0.25) is 9.58 Å². The molecule has 1 unspecified atom stereocenters. The molecule has 3 aromatic heterocycles. The third kappa shape index (κ3) is 5.00. The van der Waals surface area contributed by atoms with Gasteiger partial charge in [-0.1, -0.05) is 17.7 Å². The fourth-order valence-corrected chi connectivity index (χ4v) is 6.19. The zero-order chi connectivity index (χ0) is 24.5. The Morgan fingerprint density at radius 3 is 2.94 bits per heavy atom. The molecule has 1 atom stereocenters. The van der Waals surface area contributed by atoms with Gasteiger partial charge in [0.1, 0.15) is 22.8 Å². The van der Waals surface area contributed by atoms with Crippen molar-refractivity contribution in [3.8, 4) is 10.4 Å². The molecule has 35 heavy (non-hydrogen) atoms. The molecule has 2 aliphatic carbocycles. The van der Waals surface area contributed by atoms with E-state index in [0.717, 1.165) is 60.8 Å². The van der Waals surface area contributed by atoms with Gasteiger partial charge in [0.25, 0.3) is 0 Å². The highest BCUT2D eigenvalue weighted by molar-refractivity contribution is 7.22. The Balaban J connectivity index is 1.39. The Labute approximate surface area is 213 Å². The highest BCUT2D eigenvalue weighted by Crippen LogP contribution is 2.45. The summed E-state index contributed by atoms with van der Waals surface area (Å²) in [4.78, 5) is 13.7. The molecule has 7 nitrogen and oxygen atoms in total. The zero-order valence-corrected chi connectivity index (χ0v) is 21.8. The van der Waals surface area contributed by atoms with Crippen LogP contribution in [0.25, 0.3) is 20.7 Å². The number of hydrogen-bond donors (Lipinski definition) is 1. The van der Waals surface area contributed by atoms with Crippen LogP contribution in [0, 0.1) is 0 Å². The van der Waals surface area contributed by atoms with Crippen molar-refractivity contribution in [2.75, 3.05) is 32.1 Å². The van der Waals surface area contributed by atoms with Gasteiger partial charge in [-0.2, -0.15) is 5.10 Å². The summed E-state index contributed by atoms with van der Waals surface area (Å²) in [5, 5.41) is 9.65. The van der Waals surface area contributed by atoms with E-state index in [1.807, 2.05) is 0 Å². The number of aromatic nitrogens is 4. The molecule has 0 amide bonds. The fraction of sp³-hybridized carbons (Fsp3) is 0.480. The minimum Gasteiger partial charge on any atom is -0.383 e. The Kier molecular flexibility index (Phi) is 7.20. The van der Waals surface area contributed by atoms with Crippen LogP contribution >= 0.6 is 22.9 Å². The normalized spacial score (nSPS) is 17.5. The van der Waals surface area contributed by atoms with E-state index in [9.17, 15) is 4.39 Å². The largest absolute Gasteiger partial charge is 0.383 e. The molecule has 3 aromatic rings. The number of ether oxygens (including phenoxy) is 1. The quantitative estimate of drug-likeness (QED) is 0.423. The van der Waals surface area contributed by atoms with Crippen molar-refractivity contribution in [2.24, 2.45) is 0 Å². The average molecular weight is 517 g/mol. The van der Waals surface area contributed by atoms with Gasteiger partial charge in [0.05, 0.1) is 35.3 Å². The SMILES string of the molecule is COCCN(CCn1cc2c(n1)CCc1c-2sc2ncnc(NC3C=CC(F)=C(Cl)C3)c12)C(C)C. The third-order valence-corrected chi connectivity index (χ3v) is 8.17. The summed E-state index contributed by atoms with van der Waals surface area (Å²) >= 11 is 7.74. The molecular weight excluding hydrogens is 487 g/mol. The van der Waals surface area contributed by atoms with Crippen LogP contribution in [0.4, 0.5) is 10.2 Å². The lowest BCUT2D eigenvalue weighted by Crippen LogP contribution is -2.36. The first-order valence-corrected chi connectivity index (χ1v) is 13.2. The number of thiophene rings is 1. The number of anilines is 1. The molecule has 0 saturated carbocycles. The van der Waals surface area contributed by atoms with Crippen LogP contribution in [-0.4, -0.2) is 63.5 Å². The molecule has 10 heteroatoms. The maximum atomic E-state index is 13.6. The van der Waals surface area contributed by atoms with Crippen molar-refractivity contribution in [3.05, 3.63) is 46.8 Å². The lowest BCUT2D eigenvalue weighted by atomic mass is 9.95. The van der Waals surface area contributed by atoms with Gasteiger partial charge >= 0.3 is 0 Å². The molecule has 5 rings (SSSR count). The topological polar surface area (TPSA) is 68.1 Å². The monoisotopic (exact) mass is 516 g/mol. The van der Waals surface area contributed by atoms with E-state index >= 15 is 0 Å². The predicted octanol–water partition coefficient (Wildman–Crippen LogP) is 5.17. The minimum absolute atomic E-state index is 0.112. The number of allylic oxidation sites excluding steroid dienone is 2. The van der Waals surface area contributed by atoms with Crippen LogP contribution < -0.4 is 5.32 Å². The molecule has 0 bridgehead atoms. The molecule has 0 fully saturated rings. The van der Waals surface area contributed by atoms with Crippen molar-refractivity contribution in [2.45, 2.75) is 51.7 Å². The number of halogens is 2. The molecule has 0 aliphatic heterocycles. The van der Waals surface area contributed by atoms with E-state index < -0.39 is 0 Å². The summed E-state index contributed by atoms with van der Waals surface area (Å²) in [5.74, 6) is 0.403. The molecule has 0 aromatic carbocycles. The number of nitrogens with zero attached hydrogens (tertiary/aromatic N) is 5. The molecule has 186 valence electrons. The molecule has 0 spiro atoms. The number of hydrogen-bond acceptors (Lipinski definition) is 7. The van der Waals surface area contributed by atoms with E-state index in [2.05, 4.69) is 44.9 Å². The van der Waals surface area contributed by atoms with Gasteiger partial charge in [0.15, 0.2) is 0 Å². The predicted molar refractivity (Wildman–Crippen MR) is 140 cm³/mol. The first-order chi connectivity index (χ1) is 16.9. The summed E-state index contributed by atoms with van der Waals surface area (Å²) in [7, 11) is 1.74. The highest BCUT2D eigenvalue weighted by atomic mass is 35.5. The van der Waals surface area contributed by atoms with E-state index in [-0.39, 0.29) is 16.9 Å². The summed E-state index contributed by atoms with van der Waals surface area (Å²) in [5.41, 5.74) is 3.59. The van der Waals surface area contributed by atoms with E-state index in [4.69, 9.17) is 21.4 Å². The molecule has 1 N–H and O–H groups in total. The van der Waals surface area contributed by atoms with Gasteiger partial charge in [0.2, 0.25) is 0 Å². The second kappa shape index (κ2) is 10.3. The lowest BCUT2D eigenvalue weighted by molar-refractivity contribution is 0.126. The van der Waals surface area contributed by atoms with Crippen molar-refractivity contribution < 1.29 is 9.13 Å². The second-order valence-electron chi connectivity index (χ2n) is 9.25. The first-order valence-electron chi connectivity index (χ1n) is 12.0. The minimum atomic E-state index is -0.370.